The van der Waals surface area contributed by atoms with Gasteiger partial charge in [0.25, 0.3) is 0 Å². The van der Waals surface area contributed by atoms with Crippen molar-refractivity contribution < 1.29 is 13.2 Å². The minimum Gasteiger partial charge on any atom is -0.326 e. The number of hydrogen-bond acceptors (Lipinski definition) is 3. The van der Waals surface area contributed by atoms with Gasteiger partial charge in [-0.3, -0.25) is 9.10 Å². The molecular formula is C19H23ClN2O3S. The Kier molecular flexibility index (Phi) is 6.67. The number of rotatable bonds is 7. The summed E-state index contributed by atoms with van der Waals surface area (Å²) in [6, 6.07) is 12.5. The molecule has 0 spiro atoms. The molecule has 2 aromatic carbocycles. The van der Waals surface area contributed by atoms with E-state index in [0.29, 0.717) is 17.1 Å². The zero-order chi connectivity index (χ0) is 19.3. The normalized spacial score (nSPS) is 11.2. The lowest BCUT2D eigenvalue weighted by atomic mass is 10.1. The predicted octanol–water partition coefficient (Wildman–Crippen LogP) is 4.14. The molecule has 0 fully saturated rings. The summed E-state index contributed by atoms with van der Waals surface area (Å²) in [7, 11) is -3.46. The van der Waals surface area contributed by atoms with Crippen LogP contribution in [-0.2, 0) is 14.8 Å². The Morgan fingerprint density at radius 2 is 1.88 bits per heavy atom. The number of amides is 1. The van der Waals surface area contributed by atoms with Crippen molar-refractivity contribution in [3.05, 3.63) is 58.6 Å². The van der Waals surface area contributed by atoms with Gasteiger partial charge in [-0.15, -0.1) is 0 Å². The van der Waals surface area contributed by atoms with Crippen LogP contribution in [0.2, 0.25) is 5.02 Å². The van der Waals surface area contributed by atoms with Gasteiger partial charge in [0.15, 0.2) is 0 Å². The molecule has 0 saturated carbocycles. The highest BCUT2D eigenvalue weighted by molar-refractivity contribution is 7.92. The Morgan fingerprint density at radius 3 is 2.54 bits per heavy atom. The molecule has 1 N–H and O–H groups in total. The van der Waals surface area contributed by atoms with Gasteiger partial charge in [-0.05, 0) is 55.7 Å². The van der Waals surface area contributed by atoms with Gasteiger partial charge in [0, 0.05) is 23.7 Å². The Bertz CT molecular complexity index is 897. The van der Waals surface area contributed by atoms with Crippen molar-refractivity contribution in [1.29, 1.82) is 0 Å². The first kappa shape index (κ1) is 20.3. The molecule has 2 aromatic rings. The van der Waals surface area contributed by atoms with Gasteiger partial charge in [0.05, 0.1) is 11.9 Å². The van der Waals surface area contributed by atoms with E-state index < -0.39 is 10.0 Å². The lowest BCUT2D eigenvalue weighted by molar-refractivity contribution is -0.116. The lowest BCUT2D eigenvalue weighted by Crippen LogP contribution is -2.31. The molecule has 1 amide bonds. The molecule has 2 rings (SSSR count). The second kappa shape index (κ2) is 8.56. The minimum absolute atomic E-state index is 0.141. The maximum atomic E-state index is 12.2. The highest BCUT2D eigenvalue weighted by Crippen LogP contribution is 2.22. The van der Waals surface area contributed by atoms with Crippen LogP contribution in [0, 0.1) is 13.8 Å². The molecule has 0 aromatic heterocycles. The molecule has 0 heterocycles. The molecule has 0 radical (unpaired) electrons. The van der Waals surface area contributed by atoms with Crippen LogP contribution in [0.25, 0.3) is 0 Å². The van der Waals surface area contributed by atoms with E-state index in [-0.39, 0.29) is 18.9 Å². The molecule has 26 heavy (non-hydrogen) atoms. The van der Waals surface area contributed by atoms with Crippen molar-refractivity contribution in [3.8, 4) is 0 Å². The van der Waals surface area contributed by atoms with Crippen molar-refractivity contribution in [1.82, 2.24) is 0 Å². The summed E-state index contributed by atoms with van der Waals surface area (Å²) in [5, 5.41) is 3.35. The maximum Gasteiger partial charge on any atom is 0.232 e. The molecule has 0 aliphatic carbocycles. The number of benzene rings is 2. The third kappa shape index (κ3) is 5.75. The highest BCUT2D eigenvalue weighted by Gasteiger charge is 2.18. The van der Waals surface area contributed by atoms with Gasteiger partial charge in [0.1, 0.15) is 0 Å². The monoisotopic (exact) mass is 394 g/mol. The lowest BCUT2D eigenvalue weighted by Gasteiger charge is -2.22. The van der Waals surface area contributed by atoms with E-state index in [0.717, 1.165) is 23.1 Å². The van der Waals surface area contributed by atoms with Gasteiger partial charge in [-0.2, -0.15) is 0 Å². The average molecular weight is 395 g/mol. The summed E-state index contributed by atoms with van der Waals surface area (Å²) in [5.74, 6) is -0.141. The van der Waals surface area contributed by atoms with Crippen LogP contribution in [0.1, 0.15) is 24.0 Å². The zero-order valence-corrected chi connectivity index (χ0v) is 16.7. The van der Waals surface area contributed by atoms with E-state index in [1.54, 1.807) is 24.3 Å². The highest BCUT2D eigenvalue weighted by atomic mass is 35.5. The van der Waals surface area contributed by atoms with Crippen molar-refractivity contribution in [2.24, 2.45) is 0 Å². The van der Waals surface area contributed by atoms with Crippen LogP contribution < -0.4 is 9.62 Å². The molecule has 7 heteroatoms. The first-order valence-corrected chi connectivity index (χ1v) is 10.5. The number of anilines is 2. The van der Waals surface area contributed by atoms with E-state index in [9.17, 15) is 13.2 Å². The van der Waals surface area contributed by atoms with Crippen LogP contribution >= 0.6 is 11.6 Å². The first-order valence-electron chi connectivity index (χ1n) is 8.27. The Morgan fingerprint density at radius 1 is 1.15 bits per heavy atom. The Labute approximate surface area is 160 Å². The van der Waals surface area contributed by atoms with Crippen molar-refractivity contribution in [3.63, 3.8) is 0 Å². The smallest absolute Gasteiger partial charge is 0.232 e. The van der Waals surface area contributed by atoms with Gasteiger partial charge < -0.3 is 5.32 Å². The van der Waals surface area contributed by atoms with Gasteiger partial charge >= 0.3 is 0 Å². The van der Waals surface area contributed by atoms with Crippen LogP contribution in [-0.4, -0.2) is 27.1 Å². The zero-order valence-electron chi connectivity index (χ0n) is 15.1. The molecule has 0 aliphatic rings. The fourth-order valence-electron chi connectivity index (χ4n) is 2.58. The standard InChI is InChI=1S/C19H23ClN2O3S/c1-14-9-10-15(2)18(12-14)21-19(23)8-5-11-22(26(3,24)25)17-7-4-6-16(20)13-17/h4,6-7,9-10,12-13H,5,8,11H2,1-3H3,(H,21,23). The van der Waals surface area contributed by atoms with E-state index in [1.165, 1.54) is 4.31 Å². The molecule has 0 saturated heterocycles. The molecule has 5 nitrogen and oxygen atoms in total. The van der Waals surface area contributed by atoms with Crippen molar-refractivity contribution in [2.45, 2.75) is 26.7 Å². The molecule has 0 bridgehead atoms. The molecule has 140 valence electrons. The third-order valence-electron chi connectivity index (χ3n) is 3.93. The second-order valence-corrected chi connectivity index (χ2v) is 8.63. The van der Waals surface area contributed by atoms with E-state index >= 15 is 0 Å². The van der Waals surface area contributed by atoms with Gasteiger partial charge in [-0.25, -0.2) is 8.42 Å². The summed E-state index contributed by atoms with van der Waals surface area (Å²) in [6.07, 6.45) is 1.76. The van der Waals surface area contributed by atoms with Crippen LogP contribution in [0.15, 0.2) is 42.5 Å². The first-order chi connectivity index (χ1) is 12.2. The number of hydrogen-bond donors (Lipinski definition) is 1. The predicted molar refractivity (Wildman–Crippen MR) is 107 cm³/mol. The fraction of sp³-hybridized carbons (Fsp3) is 0.316. The Balaban J connectivity index is 1.99. The summed E-state index contributed by atoms with van der Waals surface area (Å²) in [6.45, 7) is 4.10. The molecular weight excluding hydrogens is 372 g/mol. The van der Waals surface area contributed by atoms with Crippen LogP contribution in [0.4, 0.5) is 11.4 Å². The third-order valence-corrected chi connectivity index (χ3v) is 5.36. The summed E-state index contributed by atoms with van der Waals surface area (Å²) in [5.41, 5.74) is 3.33. The fourth-order valence-corrected chi connectivity index (χ4v) is 3.73. The second-order valence-electron chi connectivity index (χ2n) is 6.29. The number of carbonyl (C=O) groups is 1. The topological polar surface area (TPSA) is 66.5 Å². The molecule has 0 atom stereocenters. The molecule has 0 unspecified atom stereocenters. The number of carbonyl (C=O) groups excluding carboxylic acids is 1. The van der Waals surface area contributed by atoms with E-state index in [2.05, 4.69) is 5.32 Å². The summed E-state index contributed by atoms with van der Waals surface area (Å²) >= 11 is 5.96. The average Bonchev–Trinajstić information content (AvgIpc) is 2.54. The number of nitrogens with one attached hydrogen (secondary N) is 1. The minimum atomic E-state index is -3.46. The van der Waals surface area contributed by atoms with Crippen molar-refractivity contribution in [2.75, 3.05) is 22.4 Å². The molecule has 0 aliphatic heterocycles. The largest absolute Gasteiger partial charge is 0.326 e. The van der Waals surface area contributed by atoms with Gasteiger partial charge in [-0.1, -0.05) is 29.8 Å². The van der Waals surface area contributed by atoms with Crippen LogP contribution in [0.5, 0.6) is 0 Å². The summed E-state index contributed by atoms with van der Waals surface area (Å²) < 4.78 is 25.4. The Hall–Kier alpha value is -2.05. The number of halogens is 1. The van der Waals surface area contributed by atoms with Gasteiger partial charge in [0.2, 0.25) is 15.9 Å². The van der Waals surface area contributed by atoms with Crippen LogP contribution in [0.3, 0.4) is 0 Å². The number of aryl methyl sites for hydroxylation is 2. The SMILES string of the molecule is Cc1ccc(C)c(NC(=O)CCCN(c2cccc(Cl)c2)S(C)(=O)=O)c1. The van der Waals surface area contributed by atoms with E-state index in [4.69, 9.17) is 11.6 Å². The van der Waals surface area contributed by atoms with E-state index in [1.807, 2.05) is 32.0 Å². The maximum absolute atomic E-state index is 12.2. The number of nitrogens with zero attached hydrogens (tertiary/aromatic N) is 1. The van der Waals surface area contributed by atoms with Crippen molar-refractivity contribution >= 4 is 38.9 Å². The summed E-state index contributed by atoms with van der Waals surface area (Å²) in [4.78, 5) is 12.2. The number of sulfonamides is 1. The quantitative estimate of drug-likeness (QED) is 0.767.